The van der Waals surface area contributed by atoms with Crippen LogP contribution in [0.1, 0.15) is 37.8 Å². The lowest BCUT2D eigenvalue weighted by Crippen LogP contribution is -2.38. The number of aromatic amines is 1. The predicted molar refractivity (Wildman–Crippen MR) is 82.2 cm³/mol. The van der Waals surface area contributed by atoms with Gasteiger partial charge in [0.05, 0.1) is 5.69 Å². The molecule has 2 heterocycles. The molecule has 5 nitrogen and oxygen atoms in total. The monoisotopic (exact) mass is 301 g/mol. The van der Waals surface area contributed by atoms with Crippen molar-refractivity contribution in [3.63, 3.8) is 0 Å². The van der Waals surface area contributed by atoms with Gasteiger partial charge in [-0.25, -0.2) is 5.10 Å². The summed E-state index contributed by atoms with van der Waals surface area (Å²) in [6, 6.07) is 3.17. The number of fused-ring (bicyclic) bond motifs is 2. The maximum absolute atomic E-state index is 12.5. The Morgan fingerprint density at radius 1 is 1.14 bits per heavy atom. The van der Waals surface area contributed by atoms with Crippen LogP contribution in [0.25, 0.3) is 0 Å². The smallest absolute Gasteiger partial charge is 0.264 e. The molecular formula is C17H23N3O2. The number of hydrogen-bond acceptors (Lipinski definition) is 3. The van der Waals surface area contributed by atoms with Crippen molar-refractivity contribution in [2.24, 2.45) is 23.7 Å². The first-order chi connectivity index (χ1) is 10.7. The highest BCUT2D eigenvalue weighted by molar-refractivity contribution is 5.76. The number of nitrogens with one attached hydrogen (secondary N) is 1. The van der Waals surface area contributed by atoms with E-state index in [9.17, 15) is 9.59 Å². The summed E-state index contributed by atoms with van der Waals surface area (Å²) in [4.78, 5) is 25.6. The molecule has 1 N–H and O–H groups in total. The quantitative estimate of drug-likeness (QED) is 0.922. The number of hydrogen-bond donors (Lipinski definition) is 1. The van der Waals surface area contributed by atoms with Crippen molar-refractivity contribution in [3.05, 3.63) is 28.2 Å². The van der Waals surface area contributed by atoms with E-state index in [1.165, 1.54) is 31.7 Å². The van der Waals surface area contributed by atoms with Crippen LogP contribution in [-0.2, 0) is 11.2 Å². The SMILES string of the molecule is O=C(CCc1ccc(=O)[nH]n1)N1C[C@@H]2C3CCC(CC3)[C@@H]2C1. The number of amides is 1. The zero-order valence-electron chi connectivity index (χ0n) is 12.8. The van der Waals surface area contributed by atoms with Crippen molar-refractivity contribution < 1.29 is 4.79 Å². The van der Waals surface area contributed by atoms with E-state index >= 15 is 0 Å². The van der Waals surface area contributed by atoms with Crippen LogP contribution in [0.5, 0.6) is 0 Å². The Kier molecular flexibility index (Phi) is 3.51. The number of nitrogens with zero attached hydrogens (tertiary/aromatic N) is 2. The molecule has 0 unspecified atom stereocenters. The maximum Gasteiger partial charge on any atom is 0.264 e. The first-order valence-electron chi connectivity index (χ1n) is 8.53. The second-order valence-corrected chi connectivity index (χ2v) is 7.21. The van der Waals surface area contributed by atoms with E-state index in [0.717, 1.165) is 42.5 Å². The third-order valence-corrected chi connectivity index (χ3v) is 6.12. The molecule has 4 fully saturated rings. The Bertz CT molecular complexity index is 578. The molecule has 5 heteroatoms. The van der Waals surface area contributed by atoms with Gasteiger partial charge < -0.3 is 4.90 Å². The zero-order chi connectivity index (χ0) is 15.1. The highest BCUT2D eigenvalue weighted by Crippen LogP contribution is 2.51. The molecule has 0 aromatic carbocycles. The second kappa shape index (κ2) is 5.52. The van der Waals surface area contributed by atoms with Gasteiger partial charge in [-0.1, -0.05) is 0 Å². The summed E-state index contributed by atoms with van der Waals surface area (Å²) < 4.78 is 0. The number of likely N-dealkylation sites (tertiary alicyclic amines) is 1. The Balaban J connectivity index is 1.36. The van der Waals surface area contributed by atoms with Crippen LogP contribution in [0, 0.1) is 23.7 Å². The number of aryl methyl sites for hydroxylation is 1. The van der Waals surface area contributed by atoms with Gasteiger partial charge in [0.1, 0.15) is 0 Å². The molecule has 5 rings (SSSR count). The fourth-order valence-corrected chi connectivity index (χ4v) is 4.96. The standard InChI is InChI=1S/C17H23N3O2/c21-16-7-5-13(18-19-16)6-8-17(22)20-9-14-11-1-2-12(4-3-11)15(14)10-20/h5,7,11-12,14-15H,1-4,6,8-10H2,(H,19,21)/t11?,12?,14-,15+. The minimum atomic E-state index is -0.200. The van der Waals surface area contributed by atoms with Gasteiger partial charge in [-0.05, 0) is 55.4 Å². The maximum atomic E-state index is 12.5. The van der Waals surface area contributed by atoms with E-state index < -0.39 is 0 Å². The van der Waals surface area contributed by atoms with Gasteiger partial charge >= 0.3 is 0 Å². The van der Waals surface area contributed by atoms with Crippen molar-refractivity contribution in [1.29, 1.82) is 0 Å². The molecular weight excluding hydrogens is 278 g/mol. The van der Waals surface area contributed by atoms with Crippen LogP contribution in [0.15, 0.2) is 16.9 Å². The van der Waals surface area contributed by atoms with Gasteiger partial charge in [0.15, 0.2) is 0 Å². The molecule has 3 saturated carbocycles. The normalized spacial score (nSPS) is 33.0. The molecule has 3 aliphatic carbocycles. The van der Waals surface area contributed by atoms with E-state index in [4.69, 9.17) is 0 Å². The van der Waals surface area contributed by atoms with Crippen molar-refractivity contribution in [2.75, 3.05) is 13.1 Å². The number of H-pyrrole nitrogens is 1. The average Bonchev–Trinajstić information content (AvgIpc) is 3.02. The summed E-state index contributed by atoms with van der Waals surface area (Å²) in [5.41, 5.74) is 0.582. The second-order valence-electron chi connectivity index (χ2n) is 7.21. The molecule has 118 valence electrons. The first-order valence-corrected chi connectivity index (χ1v) is 8.53. The molecule has 1 aromatic rings. The molecule has 2 atom stereocenters. The van der Waals surface area contributed by atoms with Gasteiger partial charge in [0, 0.05) is 32.0 Å². The molecule has 1 aliphatic heterocycles. The van der Waals surface area contributed by atoms with Gasteiger partial charge in [-0.15, -0.1) is 0 Å². The van der Waals surface area contributed by atoms with Crippen molar-refractivity contribution >= 4 is 5.91 Å². The lowest BCUT2D eigenvalue weighted by molar-refractivity contribution is -0.130. The van der Waals surface area contributed by atoms with Crippen molar-refractivity contribution in [2.45, 2.75) is 38.5 Å². The number of aromatic nitrogens is 2. The number of carbonyl (C=O) groups excluding carboxylic acids is 1. The number of rotatable bonds is 3. The molecule has 1 aromatic heterocycles. The average molecular weight is 301 g/mol. The largest absolute Gasteiger partial charge is 0.342 e. The minimum absolute atomic E-state index is 0.200. The summed E-state index contributed by atoms with van der Waals surface area (Å²) in [6.07, 6.45) is 6.64. The van der Waals surface area contributed by atoms with E-state index in [1.807, 2.05) is 0 Å². The topological polar surface area (TPSA) is 66.1 Å². The highest BCUT2D eigenvalue weighted by atomic mass is 16.2. The molecule has 4 aliphatic rings. The first kappa shape index (κ1) is 14.0. The summed E-state index contributed by atoms with van der Waals surface area (Å²) in [6.45, 7) is 1.95. The van der Waals surface area contributed by atoms with Crippen LogP contribution in [0.3, 0.4) is 0 Å². The zero-order valence-corrected chi connectivity index (χ0v) is 12.8. The van der Waals surface area contributed by atoms with Gasteiger partial charge in [0.2, 0.25) is 5.91 Å². The van der Waals surface area contributed by atoms with Crippen LogP contribution in [0.4, 0.5) is 0 Å². The fraction of sp³-hybridized carbons (Fsp3) is 0.706. The summed E-state index contributed by atoms with van der Waals surface area (Å²) in [5, 5.41) is 6.40. The van der Waals surface area contributed by atoms with Gasteiger partial charge in [0.25, 0.3) is 5.56 Å². The van der Waals surface area contributed by atoms with Crippen molar-refractivity contribution in [3.8, 4) is 0 Å². The summed E-state index contributed by atoms with van der Waals surface area (Å²) in [5.74, 6) is 3.52. The van der Waals surface area contributed by atoms with E-state index in [2.05, 4.69) is 15.1 Å². The molecule has 0 radical (unpaired) electrons. The molecule has 0 spiro atoms. The Morgan fingerprint density at radius 3 is 2.32 bits per heavy atom. The van der Waals surface area contributed by atoms with E-state index in [-0.39, 0.29) is 11.5 Å². The third kappa shape index (κ3) is 2.46. The van der Waals surface area contributed by atoms with E-state index in [0.29, 0.717) is 12.8 Å². The van der Waals surface area contributed by atoms with E-state index in [1.54, 1.807) is 6.07 Å². The lowest BCUT2D eigenvalue weighted by Gasteiger charge is -2.44. The van der Waals surface area contributed by atoms with Crippen LogP contribution < -0.4 is 5.56 Å². The van der Waals surface area contributed by atoms with Gasteiger partial charge in [-0.2, -0.15) is 5.10 Å². The summed E-state index contributed by atoms with van der Waals surface area (Å²) in [7, 11) is 0. The minimum Gasteiger partial charge on any atom is -0.342 e. The Morgan fingerprint density at radius 2 is 1.77 bits per heavy atom. The number of carbonyl (C=O) groups is 1. The molecule has 1 saturated heterocycles. The Hall–Kier alpha value is -1.65. The van der Waals surface area contributed by atoms with Crippen molar-refractivity contribution in [1.82, 2.24) is 15.1 Å². The highest BCUT2D eigenvalue weighted by Gasteiger charge is 2.48. The Labute approximate surface area is 130 Å². The lowest BCUT2D eigenvalue weighted by atomic mass is 9.60. The van der Waals surface area contributed by atoms with Crippen LogP contribution >= 0.6 is 0 Å². The predicted octanol–water partition coefficient (Wildman–Crippen LogP) is 1.60. The van der Waals surface area contributed by atoms with Crippen LogP contribution in [0.2, 0.25) is 0 Å². The molecule has 22 heavy (non-hydrogen) atoms. The van der Waals surface area contributed by atoms with Gasteiger partial charge in [-0.3, -0.25) is 9.59 Å². The third-order valence-electron chi connectivity index (χ3n) is 6.12. The molecule has 2 bridgehead atoms. The summed E-state index contributed by atoms with van der Waals surface area (Å²) >= 11 is 0. The fourth-order valence-electron chi connectivity index (χ4n) is 4.96. The molecule has 1 amide bonds. The van der Waals surface area contributed by atoms with Crippen LogP contribution in [-0.4, -0.2) is 34.1 Å².